The highest BCUT2D eigenvalue weighted by Crippen LogP contribution is 2.14. The maximum atomic E-state index is 11.1. The average molecular weight is 183 g/mol. The maximum absolute atomic E-state index is 11.1. The van der Waals surface area contributed by atoms with Crippen LogP contribution in [0.4, 0.5) is 5.82 Å². The standard InChI is InChI=1S/C7H9N3O3/c1-9-5(6(11)4-8)2-3-7(9)10(12)13/h2-3H,4,8H2,1H3. The summed E-state index contributed by atoms with van der Waals surface area (Å²) >= 11 is 0. The smallest absolute Gasteiger partial charge is 0.323 e. The lowest BCUT2D eigenvalue weighted by atomic mass is 10.3. The zero-order valence-corrected chi connectivity index (χ0v) is 7.06. The molecule has 2 N–H and O–H groups in total. The second-order valence-corrected chi connectivity index (χ2v) is 2.52. The van der Waals surface area contributed by atoms with E-state index >= 15 is 0 Å². The molecule has 6 nitrogen and oxygen atoms in total. The number of ketones is 1. The lowest BCUT2D eigenvalue weighted by Crippen LogP contribution is -2.17. The molecule has 70 valence electrons. The van der Waals surface area contributed by atoms with Crippen molar-refractivity contribution >= 4 is 11.6 Å². The quantitative estimate of drug-likeness (QED) is 0.408. The molecule has 0 aliphatic heterocycles. The van der Waals surface area contributed by atoms with E-state index in [2.05, 4.69) is 0 Å². The Morgan fingerprint density at radius 3 is 2.69 bits per heavy atom. The number of Topliss-reactive ketones (excluding diaryl/α,β-unsaturated/α-hetero) is 1. The lowest BCUT2D eigenvalue weighted by Gasteiger charge is -1.97. The summed E-state index contributed by atoms with van der Waals surface area (Å²) in [7, 11) is 1.46. The molecular formula is C7H9N3O3. The molecule has 0 unspecified atom stereocenters. The number of carbonyl (C=O) groups is 1. The van der Waals surface area contributed by atoms with Crippen LogP contribution in [0.15, 0.2) is 12.1 Å². The summed E-state index contributed by atoms with van der Waals surface area (Å²) in [5.41, 5.74) is 5.38. The first-order chi connectivity index (χ1) is 6.07. The van der Waals surface area contributed by atoms with Crippen molar-refractivity contribution in [3.05, 3.63) is 27.9 Å². The first-order valence-electron chi connectivity index (χ1n) is 3.61. The van der Waals surface area contributed by atoms with E-state index in [9.17, 15) is 14.9 Å². The Kier molecular flexibility index (Phi) is 2.43. The van der Waals surface area contributed by atoms with E-state index in [4.69, 9.17) is 5.73 Å². The van der Waals surface area contributed by atoms with E-state index in [0.29, 0.717) is 0 Å². The van der Waals surface area contributed by atoms with Gasteiger partial charge in [0.25, 0.3) is 0 Å². The van der Waals surface area contributed by atoms with Gasteiger partial charge in [-0.1, -0.05) is 0 Å². The molecule has 0 amide bonds. The van der Waals surface area contributed by atoms with Gasteiger partial charge in [0.2, 0.25) is 5.78 Å². The number of hydrogen-bond donors (Lipinski definition) is 1. The fraction of sp³-hybridized carbons (Fsp3) is 0.286. The number of rotatable bonds is 3. The number of nitro groups is 1. The summed E-state index contributed by atoms with van der Waals surface area (Å²) in [6.07, 6.45) is 0. The summed E-state index contributed by atoms with van der Waals surface area (Å²) in [6, 6.07) is 2.68. The van der Waals surface area contributed by atoms with Crippen LogP contribution in [0.1, 0.15) is 10.5 Å². The molecule has 0 bridgehead atoms. The van der Waals surface area contributed by atoms with Gasteiger partial charge in [-0.2, -0.15) is 0 Å². The van der Waals surface area contributed by atoms with Crippen molar-refractivity contribution in [2.75, 3.05) is 6.54 Å². The van der Waals surface area contributed by atoms with Gasteiger partial charge in [-0.15, -0.1) is 0 Å². The lowest BCUT2D eigenvalue weighted by molar-refractivity contribution is -0.391. The highest BCUT2D eigenvalue weighted by Gasteiger charge is 2.18. The third-order valence-electron chi connectivity index (χ3n) is 1.75. The van der Waals surface area contributed by atoms with Gasteiger partial charge in [-0.05, 0) is 11.0 Å². The van der Waals surface area contributed by atoms with E-state index < -0.39 is 4.92 Å². The van der Waals surface area contributed by atoms with Crippen molar-refractivity contribution in [3.8, 4) is 0 Å². The van der Waals surface area contributed by atoms with Crippen molar-refractivity contribution in [1.82, 2.24) is 4.57 Å². The third-order valence-corrected chi connectivity index (χ3v) is 1.75. The molecule has 0 aliphatic carbocycles. The molecule has 0 saturated carbocycles. The first kappa shape index (κ1) is 9.40. The van der Waals surface area contributed by atoms with Crippen LogP contribution < -0.4 is 5.73 Å². The molecule has 1 aromatic rings. The number of carbonyl (C=O) groups excluding carboxylic acids is 1. The predicted molar refractivity (Wildman–Crippen MR) is 45.5 cm³/mol. The van der Waals surface area contributed by atoms with Crippen LogP contribution >= 0.6 is 0 Å². The zero-order valence-electron chi connectivity index (χ0n) is 7.06. The Morgan fingerprint density at radius 1 is 1.69 bits per heavy atom. The fourth-order valence-electron chi connectivity index (χ4n) is 1.07. The van der Waals surface area contributed by atoms with Crippen molar-refractivity contribution < 1.29 is 9.72 Å². The van der Waals surface area contributed by atoms with Gasteiger partial charge in [0.1, 0.15) is 0 Å². The second kappa shape index (κ2) is 3.36. The van der Waals surface area contributed by atoms with Crippen molar-refractivity contribution in [2.24, 2.45) is 12.8 Å². The topological polar surface area (TPSA) is 91.2 Å². The number of nitrogens with two attached hydrogens (primary N) is 1. The van der Waals surface area contributed by atoms with E-state index in [0.717, 1.165) is 0 Å². The van der Waals surface area contributed by atoms with Gasteiger partial charge in [-0.3, -0.25) is 4.79 Å². The molecule has 0 spiro atoms. The van der Waals surface area contributed by atoms with Crippen LogP contribution in [-0.2, 0) is 7.05 Å². The average Bonchev–Trinajstić information content (AvgIpc) is 2.46. The van der Waals surface area contributed by atoms with Crippen LogP contribution in [-0.4, -0.2) is 21.8 Å². The molecule has 1 heterocycles. The maximum Gasteiger partial charge on any atom is 0.323 e. The van der Waals surface area contributed by atoms with Crippen molar-refractivity contribution in [3.63, 3.8) is 0 Å². The number of aromatic nitrogens is 1. The van der Waals surface area contributed by atoms with Crippen LogP contribution in [0, 0.1) is 10.1 Å². The fourth-order valence-corrected chi connectivity index (χ4v) is 1.07. The Balaban J connectivity index is 3.13. The van der Waals surface area contributed by atoms with Gasteiger partial charge in [0.15, 0.2) is 5.69 Å². The molecule has 0 aliphatic rings. The molecule has 0 radical (unpaired) electrons. The normalized spacial score (nSPS) is 10.0. The molecule has 6 heteroatoms. The summed E-state index contributed by atoms with van der Waals surface area (Å²) in [4.78, 5) is 20.9. The van der Waals surface area contributed by atoms with E-state index in [1.54, 1.807) is 0 Å². The molecule has 1 aromatic heterocycles. The van der Waals surface area contributed by atoms with Crippen LogP contribution in [0.2, 0.25) is 0 Å². The number of hydrogen-bond acceptors (Lipinski definition) is 4. The highest BCUT2D eigenvalue weighted by atomic mass is 16.6. The Hall–Kier alpha value is -1.69. The largest absolute Gasteiger partial charge is 0.358 e. The Labute approximate surface area is 74.1 Å². The summed E-state index contributed by atoms with van der Waals surface area (Å²) in [6.45, 7) is -0.144. The molecule has 13 heavy (non-hydrogen) atoms. The number of nitrogens with zero attached hydrogens (tertiary/aromatic N) is 2. The summed E-state index contributed by atoms with van der Waals surface area (Å²) in [5, 5.41) is 10.4. The van der Waals surface area contributed by atoms with Crippen LogP contribution in [0.3, 0.4) is 0 Å². The van der Waals surface area contributed by atoms with Crippen LogP contribution in [0.5, 0.6) is 0 Å². The summed E-state index contributed by atoms with van der Waals surface area (Å²) < 4.78 is 1.22. The minimum absolute atomic E-state index is 0.114. The zero-order chi connectivity index (χ0) is 10.0. The molecular weight excluding hydrogens is 174 g/mol. The Bertz CT molecular complexity index is 356. The SMILES string of the molecule is Cn1c(C(=O)CN)ccc1[N+](=O)[O-]. The first-order valence-corrected chi connectivity index (χ1v) is 3.61. The van der Waals surface area contributed by atoms with Gasteiger partial charge >= 0.3 is 5.82 Å². The minimum Gasteiger partial charge on any atom is -0.358 e. The highest BCUT2D eigenvalue weighted by molar-refractivity contribution is 5.96. The predicted octanol–water partition coefficient (Wildman–Crippen LogP) is 0.0747. The van der Waals surface area contributed by atoms with Crippen molar-refractivity contribution in [1.29, 1.82) is 0 Å². The van der Waals surface area contributed by atoms with E-state index in [1.165, 1.54) is 23.7 Å². The minimum atomic E-state index is -0.548. The van der Waals surface area contributed by atoms with E-state index in [-0.39, 0.29) is 23.8 Å². The monoisotopic (exact) mass is 183 g/mol. The second-order valence-electron chi connectivity index (χ2n) is 2.52. The molecule has 1 rings (SSSR count). The molecule has 0 aromatic carbocycles. The molecule has 0 atom stereocenters. The molecule has 0 saturated heterocycles. The van der Waals surface area contributed by atoms with Crippen LogP contribution in [0.25, 0.3) is 0 Å². The Morgan fingerprint density at radius 2 is 2.31 bits per heavy atom. The van der Waals surface area contributed by atoms with Gasteiger partial charge in [-0.25, -0.2) is 4.57 Å². The van der Waals surface area contributed by atoms with Crippen molar-refractivity contribution in [2.45, 2.75) is 0 Å². The third kappa shape index (κ3) is 1.57. The molecule has 0 fully saturated rings. The van der Waals surface area contributed by atoms with Gasteiger partial charge in [0, 0.05) is 6.07 Å². The van der Waals surface area contributed by atoms with Gasteiger partial charge < -0.3 is 15.8 Å². The summed E-state index contributed by atoms with van der Waals surface area (Å²) in [5.74, 6) is -0.424. The van der Waals surface area contributed by atoms with Gasteiger partial charge in [0.05, 0.1) is 13.6 Å². The van der Waals surface area contributed by atoms with E-state index in [1.807, 2.05) is 0 Å².